The van der Waals surface area contributed by atoms with E-state index in [1.165, 1.54) is 5.56 Å². The molecule has 0 bridgehead atoms. The van der Waals surface area contributed by atoms with Crippen molar-refractivity contribution >= 4 is 33.2 Å². The molecule has 0 amide bonds. The van der Waals surface area contributed by atoms with Crippen LogP contribution in [0.3, 0.4) is 0 Å². The van der Waals surface area contributed by atoms with Gasteiger partial charge in [0.05, 0.1) is 30.4 Å². The van der Waals surface area contributed by atoms with Crippen molar-refractivity contribution in [3.05, 3.63) is 71.3 Å². The summed E-state index contributed by atoms with van der Waals surface area (Å²) < 4.78 is 5.48. The van der Waals surface area contributed by atoms with Crippen LogP contribution < -0.4 is 10.1 Å². The molecule has 0 saturated heterocycles. The fourth-order valence-electron chi connectivity index (χ4n) is 3.38. The van der Waals surface area contributed by atoms with Crippen LogP contribution in [0.2, 0.25) is 0 Å². The molecule has 4 aromatic rings. The minimum Gasteiger partial charge on any atom is -0.496 e. The first-order valence-electron chi connectivity index (χ1n) is 8.94. The van der Waals surface area contributed by atoms with Crippen molar-refractivity contribution in [2.75, 3.05) is 12.4 Å². The summed E-state index contributed by atoms with van der Waals surface area (Å²) in [5.74, 6) is 0.833. The number of aryl methyl sites for hydroxylation is 2. The maximum atomic E-state index is 9.27. The lowest BCUT2D eigenvalue weighted by Crippen LogP contribution is -1.97. The van der Waals surface area contributed by atoms with E-state index in [0.29, 0.717) is 0 Å². The molecular formula is C23H22N2O2. The van der Waals surface area contributed by atoms with Crippen molar-refractivity contribution in [2.24, 2.45) is 0 Å². The van der Waals surface area contributed by atoms with Gasteiger partial charge in [0.25, 0.3) is 0 Å². The molecule has 0 unspecified atom stereocenters. The molecule has 0 fully saturated rings. The van der Waals surface area contributed by atoms with E-state index in [1.807, 2.05) is 37.3 Å². The minimum atomic E-state index is 0.0413. The quantitative estimate of drug-likeness (QED) is 0.489. The number of methoxy groups -OCH3 is 1. The Morgan fingerprint density at radius 2 is 1.67 bits per heavy atom. The lowest BCUT2D eigenvalue weighted by molar-refractivity contribution is 0.282. The number of rotatable bonds is 4. The van der Waals surface area contributed by atoms with Gasteiger partial charge in [0.15, 0.2) is 0 Å². The van der Waals surface area contributed by atoms with E-state index in [1.54, 1.807) is 7.11 Å². The Hall–Kier alpha value is -3.11. The second kappa shape index (κ2) is 6.89. The molecule has 4 heteroatoms. The second-order valence-corrected chi connectivity index (χ2v) is 6.83. The summed E-state index contributed by atoms with van der Waals surface area (Å²) in [6, 6.07) is 18.2. The summed E-state index contributed by atoms with van der Waals surface area (Å²) in [6.07, 6.45) is 0. The Kier molecular flexibility index (Phi) is 4.42. The molecule has 4 nitrogen and oxygen atoms in total. The van der Waals surface area contributed by atoms with Gasteiger partial charge in [-0.2, -0.15) is 0 Å². The molecule has 3 aromatic carbocycles. The number of aliphatic hydroxyl groups is 1. The number of ether oxygens (including phenoxy) is 1. The van der Waals surface area contributed by atoms with Crippen molar-refractivity contribution in [2.45, 2.75) is 20.5 Å². The number of aromatic nitrogens is 1. The molecule has 1 heterocycles. The summed E-state index contributed by atoms with van der Waals surface area (Å²) >= 11 is 0. The fraction of sp³-hybridized carbons (Fsp3) is 0.174. The Labute approximate surface area is 158 Å². The predicted molar refractivity (Wildman–Crippen MR) is 111 cm³/mol. The van der Waals surface area contributed by atoms with Crippen LogP contribution >= 0.6 is 0 Å². The molecule has 0 atom stereocenters. The van der Waals surface area contributed by atoms with Gasteiger partial charge in [-0.1, -0.05) is 23.8 Å². The van der Waals surface area contributed by atoms with Crippen molar-refractivity contribution in [1.29, 1.82) is 0 Å². The standard InChI is InChI=1S/C23H22N2O2/c1-14-4-9-20-18(10-14)23(24-17-7-5-16(13-26)6-8-17)19-11-15(2)22(27-3)12-21(19)25-20/h4-12,26H,13H2,1-3H3,(H,24,25). The molecule has 1 aromatic heterocycles. The van der Waals surface area contributed by atoms with Gasteiger partial charge in [0.1, 0.15) is 5.75 Å². The lowest BCUT2D eigenvalue weighted by Gasteiger charge is -2.16. The van der Waals surface area contributed by atoms with Gasteiger partial charge in [0, 0.05) is 22.5 Å². The number of pyridine rings is 1. The van der Waals surface area contributed by atoms with Crippen LogP contribution in [0.15, 0.2) is 54.6 Å². The highest BCUT2D eigenvalue weighted by atomic mass is 16.5. The van der Waals surface area contributed by atoms with Gasteiger partial charge >= 0.3 is 0 Å². The maximum absolute atomic E-state index is 9.27. The van der Waals surface area contributed by atoms with Crippen LogP contribution in [-0.2, 0) is 6.61 Å². The number of fused-ring (bicyclic) bond motifs is 2. The van der Waals surface area contributed by atoms with Crippen molar-refractivity contribution in [3.63, 3.8) is 0 Å². The third kappa shape index (κ3) is 3.20. The van der Waals surface area contributed by atoms with E-state index in [2.05, 4.69) is 36.5 Å². The van der Waals surface area contributed by atoms with E-state index in [-0.39, 0.29) is 6.61 Å². The second-order valence-electron chi connectivity index (χ2n) is 6.83. The number of nitrogens with one attached hydrogen (secondary N) is 1. The molecule has 0 radical (unpaired) electrons. The van der Waals surface area contributed by atoms with Crippen molar-refractivity contribution in [3.8, 4) is 5.75 Å². The van der Waals surface area contributed by atoms with Crippen LogP contribution in [0.4, 0.5) is 11.4 Å². The zero-order valence-electron chi connectivity index (χ0n) is 15.7. The minimum absolute atomic E-state index is 0.0413. The van der Waals surface area contributed by atoms with E-state index in [0.717, 1.165) is 50.1 Å². The summed E-state index contributed by atoms with van der Waals surface area (Å²) in [4.78, 5) is 4.85. The topological polar surface area (TPSA) is 54.4 Å². The predicted octanol–water partition coefficient (Wildman–Crippen LogP) is 5.25. The largest absolute Gasteiger partial charge is 0.496 e. The van der Waals surface area contributed by atoms with E-state index in [4.69, 9.17) is 9.72 Å². The molecule has 27 heavy (non-hydrogen) atoms. The first-order chi connectivity index (χ1) is 13.1. The van der Waals surface area contributed by atoms with Crippen LogP contribution in [0.25, 0.3) is 21.8 Å². The highest BCUT2D eigenvalue weighted by Gasteiger charge is 2.12. The van der Waals surface area contributed by atoms with Crippen LogP contribution in [0, 0.1) is 13.8 Å². The van der Waals surface area contributed by atoms with Crippen LogP contribution in [0.5, 0.6) is 5.75 Å². The van der Waals surface area contributed by atoms with Gasteiger partial charge in [-0.15, -0.1) is 0 Å². The highest BCUT2D eigenvalue weighted by Crippen LogP contribution is 2.36. The van der Waals surface area contributed by atoms with Gasteiger partial charge in [-0.05, 0) is 55.3 Å². The first-order valence-corrected chi connectivity index (χ1v) is 8.94. The third-order valence-corrected chi connectivity index (χ3v) is 4.85. The summed E-state index contributed by atoms with van der Waals surface area (Å²) in [6.45, 7) is 4.17. The molecule has 4 rings (SSSR count). The number of benzene rings is 3. The molecule has 0 aliphatic rings. The Morgan fingerprint density at radius 1 is 0.926 bits per heavy atom. The number of hydrogen-bond donors (Lipinski definition) is 2. The zero-order valence-corrected chi connectivity index (χ0v) is 15.7. The fourth-order valence-corrected chi connectivity index (χ4v) is 3.38. The van der Waals surface area contributed by atoms with E-state index < -0.39 is 0 Å². The highest BCUT2D eigenvalue weighted by molar-refractivity contribution is 6.09. The molecular weight excluding hydrogens is 336 g/mol. The number of nitrogens with zero attached hydrogens (tertiary/aromatic N) is 1. The van der Waals surface area contributed by atoms with Crippen molar-refractivity contribution < 1.29 is 9.84 Å². The van der Waals surface area contributed by atoms with Crippen LogP contribution in [0.1, 0.15) is 16.7 Å². The van der Waals surface area contributed by atoms with Gasteiger partial charge in [-0.25, -0.2) is 4.98 Å². The molecule has 136 valence electrons. The Balaban J connectivity index is 1.97. The average Bonchev–Trinajstić information content (AvgIpc) is 2.68. The average molecular weight is 358 g/mol. The number of hydrogen-bond acceptors (Lipinski definition) is 4. The van der Waals surface area contributed by atoms with Crippen LogP contribution in [-0.4, -0.2) is 17.2 Å². The Morgan fingerprint density at radius 3 is 2.37 bits per heavy atom. The SMILES string of the molecule is COc1cc2nc3ccc(C)cc3c(Nc3ccc(CO)cc3)c2cc1C. The lowest BCUT2D eigenvalue weighted by atomic mass is 10.0. The molecule has 2 N–H and O–H groups in total. The molecule has 0 aliphatic heterocycles. The van der Waals surface area contributed by atoms with Gasteiger partial charge in [0.2, 0.25) is 0 Å². The summed E-state index contributed by atoms with van der Waals surface area (Å²) in [5.41, 5.74) is 6.97. The van der Waals surface area contributed by atoms with Crippen molar-refractivity contribution in [1.82, 2.24) is 4.98 Å². The van der Waals surface area contributed by atoms with E-state index in [9.17, 15) is 5.11 Å². The smallest absolute Gasteiger partial charge is 0.123 e. The monoisotopic (exact) mass is 358 g/mol. The normalized spacial score (nSPS) is 11.1. The van der Waals surface area contributed by atoms with Gasteiger partial charge < -0.3 is 15.2 Å². The summed E-state index contributed by atoms with van der Waals surface area (Å²) in [5, 5.41) is 15.0. The molecule has 0 spiro atoms. The third-order valence-electron chi connectivity index (χ3n) is 4.85. The maximum Gasteiger partial charge on any atom is 0.123 e. The Bertz CT molecular complexity index is 1130. The van der Waals surface area contributed by atoms with Gasteiger partial charge in [-0.3, -0.25) is 0 Å². The zero-order chi connectivity index (χ0) is 19.0. The van der Waals surface area contributed by atoms with E-state index >= 15 is 0 Å². The molecule has 0 aliphatic carbocycles. The number of anilines is 2. The molecule has 0 saturated carbocycles. The number of aliphatic hydroxyl groups excluding tert-OH is 1. The first kappa shape index (κ1) is 17.3. The summed E-state index contributed by atoms with van der Waals surface area (Å²) in [7, 11) is 1.68.